The fourth-order valence-electron chi connectivity index (χ4n) is 2.29. The van der Waals surface area contributed by atoms with Gasteiger partial charge in [-0.25, -0.2) is 0 Å². The summed E-state index contributed by atoms with van der Waals surface area (Å²) in [6.07, 6.45) is -0.803. The first-order valence-corrected chi connectivity index (χ1v) is 7.80. The molecule has 0 aliphatic carbocycles. The second-order valence-electron chi connectivity index (χ2n) is 5.71. The minimum Gasteiger partial charge on any atom is -0.507 e. The van der Waals surface area contributed by atoms with Crippen LogP contribution in [0.25, 0.3) is 0 Å². The van der Waals surface area contributed by atoms with Gasteiger partial charge >= 0.3 is 0 Å². The lowest BCUT2D eigenvalue weighted by Gasteiger charge is -2.19. The van der Waals surface area contributed by atoms with Crippen LogP contribution in [0.1, 0.15) is 28.9 Å². The van der Waals surface area contributed by atoms with Crippen molar-refractivity contribution >= 4 is 11.6 Å². The molecule has 2 rings (SSSR count). The number of hydrogen-bond acceptors (Lipinski definition) is 5. The standard InChI is InChI=1S/C18H23N3O3/c1-12(10-21-14-5-3-2-4-6-14)20-11-17(23)13-7-8-16(22)15(9-13)18(19)24/h2-9,12,17,20-23H,10-11H2,1H3,(H2,19,24). The van der Waals surface area contributed by atoms with Crippen LogP contribution < -0.4 is 16.4 Å². The minimum atomic E-state index is -0.803. The maximum atomic E-state index is 11.2. The fraction of sp³-hybridized carbons (Fsp3) is 0.278. The third-order valence-electron chi connectivity index (χ3n) is 3.72. The van der Waals surface area contributed by atoms with Gasteiger partial charge in [0.05, 0.1) is 11.7 Å². The Morgan fingerprint density at radius 1 is 1.17 bits per heavy atom. The van der Waals surface area contributed by atoms with E-state index in [1.54, 1.807) is 6.07 Å². The van der Waals surface area contributed by atoms with Gasteiger partial charge in [0.2, 0.25) is 0 Å². The SMILES string of the molecule is CC(CNc1ccccc1)NCC(O)c1ccc(O)c(C(N)=O)c1. The summed E-state index contributed by atoms with van der Waals surface area (Å²) in [5, 5.41) is 26.3. The lowest BCUT2D eigenvalue weighted by Crippen LogP contribution is -2.35. The first kappa shape index (κ1) is 17.8. The van der Waals surface area contributed by atoms with Crippen molar-refractivity contribution in [2.45, 2.75) is 19.1 Å². The maximum Gasteiger partial charge on any atom is 0.252 e. The molecule has 0 spiro atoms. The van der Waals surface area contributed by atoms with Crippen LogP contribution in [0.15, 0.2) is 48.5 Å². The quantitative estimate of drug-likeness (QED) is 0.506. The lowest BCUT2D eigenvalue weighted by molar-refractivity contribution is 0.0997. The number of phenols is 1. The van der Waals surface area contributed by atoms with Crippen LogP contribution in [-0.2, 0) is 0 Å². The smallest absolute Gasteiger partial charge is 0.252 e. The third-order valence-corrected chi connectivity index (χ3v) is 3.72. The van der Waals surface area contributed by atoms with Crippen LogP contribution in [0.3, 0.4) is 0 Å². The van der Waals surface area contributed by atoms with E-state index in [4.69, 9.17) is 5.73 Å². The number of primary amides is 1. The highest BCUT2D eigenvalue weighted by atomic mass is 16.3. The Morgan fingerprint density at radius 2 is 1.88 bits per heavy atom. The molecule has 2 aromatic carbocycles. The summed E-state index contributed by atoms with van der Waals surface area (Å²) in [6.45, 7) is 3.04. The molecule has 2 aromatic rings. The summed E-state index contributed by atoms with van der Waals surface area (Å²) >= 11 is 0. The van der Waals surface area contributed by atoms with Crippen molar-refractivity contribution in [3.63, 3.8) is 0 Å². The molecule has 0 bridgehead atoms. The van der Waals surface area contributed by atoms with Crippen LogP contribution in [-0.4, -0.2) is 35.3 Å². The highest BCUT2D eigenvalue weighted by molar-refractivity contribution is 5.95. The number of rotatable bonds is 8. The number of para-hydroxylation sites is 1. The van der Waals surface area contributed by atoms with Gasteiger partial charge in [-0.05, 0) is 36.8 Å². The summed E-state index contributed by atoms with van der Waals surface area (Å²) in [6, 6.07) is 14.3. The molecule has 6 N–H and O–H groups in total. The lowest BCUT2D eigenvalue weighted by atomic mass is 10.0. The Kier molecular flexibility index (Phi) is 6.17. The van der Waals surface area contributed by atoms with E-state index < -0.39 is 12.0 Å². The predicted octanol–water partition coefficient (Wildman–Crippen LogP) is 1.61. The molecule has 0 heterocycles. The number of aromatic hydroxyl groups is 1. The molecule has 24 heavy (non-hydrogen) atoms. The average molecular weight is 329 g/mol. The first-order chi connectivity index (χ1) is 11.5. The van der Waals surface area contributed by atoms with Crippen LogP contribution >= 0.6 is 0 Å². The molecule has 0 saturated carbocycles. The van der Waals surface area contributed by atoms with Crippen LogP contribution in [0.4, 0.5) is 5.69 Å². The Morgan fingerprint density at radius 3 is 2.54 bits per heavy atom. The zero-order chi connectivity index (χ0) is 17.5. The maximum absolute atomic E-state index is 11.2. The van der Waals surface area contributed by atoms with Gasteiger partial charge in [0.1, 0.15) is 5.75 Å². The Bertz CT molecular complexity index is 676. The third kappa shape index (κ3) is 4.97. The monoisotopic (exact) mass is 329 g/mol. The highest BCUT2D eigenvalue weighted by Crippen LogP contribution is 2.21. The second kappa shape index (κ2) is 8.33. The van der Waals surface area contributed by atoms with Gasteiger partial charge in [-0.15, -0.1) is 0 Å². The number of carbonyl (C=O) groups excluding carboxylic acids is 1. The van der Waals surface area contributed by atoms with E-state index in [1.807, 2.05) is 37.3 Å². The highest BCUT2D eigenvalue weighted by Gasteiger charge is 2.14. The Hall–Kier alpha value is -2.57. The molecule has 0 aromatic heterocycles. The predicted molar refractivity (Wildman–Crippen MR) is 94.0 cm³/mol. The van der Waals surface area contributed by atoms with Crippen molar-refractivity contribution in [1.82, 2.24) is 5.32 Å². The van der Waals surface area contributed by atoms with E-state index >= 15 is 0 Å². The average Bonchev–Trinajstić information content (AvgIpc) is 2.59. The summed E-state index contributed by atoms with van der Waals surface area (Å²) in [7, 11) is 0. The molecule has 0 fully saturated rings. The second-order valence-corrected chi connectivity index (χ2v) is 5.71. The molecule has 0 radical (unpaired) electrons. The van der Waals surface area contributed by atoms with Crippen molar-refractivity contribution in [3.8, 4) is 5.75 Å². The Labute approximate surface area is 141 Å². The molecule has 0 aliphatic rings. The van der Waals surface area contributed by atoms with Gasteiger partial charge < -0.3 is 26.6 Å². The fourth-order valence-corrected chi connectivity index (χ4v) is 2.29. The summed E-state index contributed by atoms with van der Waals surface area (Å²) in [5.74, 6) is -0.915. The molecule has 6 heteroatoms. The van der Waals surface area contributed by atoms with E-state index in [0.29, 0.717) is 18.7 Å². The number of nitrogens with two attached hydrogens (primary N) is 1. The molecule has 0 saturated heterocycles. The van der Waals surface area contributed by atoms with E-state index in [1.165, 1.54) is 12.1 Å². The van der Waals surface area contributed by atoms with E-state index in [0.717, 1.165) is 5.69 Å². The molecule has 2 atom stereocenters. The molecular formula is C18H23N3O3. The van der Waals surface area contributed by atoms with Crippen LogP contribution in [0.5, 0.6) is 5.75 Å². The van der Waals surface area contributed by atoms with Gasteiger partial charge in [0.25, 0.3) is 5.91 Å². The number of aliphatic hydroxyl groups excluding tert-OH is 1. The largest absolute Gasteiger partial charge is 0.507 e. The van der Waals surface area contributed by atoms with E-state index in [9.17, 15) is 15.0 Å². The van der Waals surface area contributed by atoms with Crippen molar-refractivity contribution < 1.29 is 15.0 Å². The topological polar surface area (TPSA) is 108 Å². The number of amides is 1. The zero-order valence-electron chi connectivity index (χ0n) is 13.6. The molecule has 128 valence electrons. The van der Waals surface area contributed by atoms with Crippen molar-refractivity contribution in [3.05, 3.63) is 59.7 Å². The van der Waals surface area contributed by atoms with Crippen LogP contribution in [0, 0.1) is 0 Å². The molecular weight excluding hydrogens is 306 g/mol. The molecule has 1 amide bonds. The van der Waals surface area contributed by atoms with Crippen molar-refractivity contribution in [2.75, 3.05) is 18.4 Å². The Balaban J connectivity index is 1.85. The summed E-state index contributed by atoms with van der Waals surface area (Å²) < 4.78 is 0. The summed E-state index contributed by atoms with van der Waals surface area (Å²) in [4.78, 5) is 11.2. The molecule has 6 nitrogen and oxygen atoms in total. The first-order valence-electron chi connectivity index (χ1n) is 7.80. The normalized spacial score (nSPS) is 13.2. The number of aliphatic hydroxyl groups is 1. The molecule has 2 unspecified atom stereocenters. The van der Waals surface area contributed by atoms with E-state index in [2.05, 4.69) is 10.6 Å². The van der Waals surface area contributed by atoms with Gasteiger partial charge in [0.15, 0.2) is 0 Å². The van der Waals surface area contributed by atoms with Gasteiger partial charge in [-0.2, -0.15) is 0 Å². The zero-order valence-corrected chi connectivity index (χ0v) is 13.6. The van der Waals surface area contributed by atoms with Crippen molar-refractivity contribution in [1.29, 1.82) is 0 Å². The van der Waals surface area contributed by atoms with Gasteiger partial charge in [-0.3, -0.25) is 4.79 Å². The van der Waals surface area contributed by atoms with Gasteiger partial charge in [-0.1, -0.05) is 24.3 Å². The number of carbonyl (C=O) groups is 1. The van der Waals surface area contributed by atoms with Gasteiger partial charge in [0, 0.05) is 24.8 Å². The van der Waals surface area contributed by atoms with E-state index in [-0.39, 0.29) is 17.4 Å². The number of nitrogens with one attached hydrogen (secondary N) is 2. The molecule has 0 aliphatic heterocycles. The number of anilines is 1. The van der Waals surface area contributed by atoms with Crippen LogP contribution in [0.2, 0.25) is 0 Å². The van der Waals surface area contributed by atoms with Crippen molar-refractivity contribution in [2.24, 2.45) is 5.73 Å². The number of benzene rings is 2. The summed E-state index contributed by atoms with van der Waals surface area (Å²) in [5.41, 5.74) is 6.76. The number of hydrogen-bond donors (Lipinski definition) is 5. The minimum absolute atomic E-state index is 0.00495.